The first-order valence-corrected chi connectivity index (χ1v) is 7.20. The van der Waals surface area contributed by atoms with Crippen LogP contribution in [-0.4, -0.2) is 19.2 Å². The van der Waals surface area contributed by atoms with E-state index in [1.165, 1.54) is 21.2 Å². The Morgan fingerprint density at radius 3 is 2.62 bits per heavy atom. The molecule has 0 aliphatic carbocycles. The van der Waals surface area contributed by atoms with Gasteiger partial charge in [0.05, 0.1) is 11.6 Å². The van der Waals surface area contributed by atoms with E-state index in [0.717, 1.165) is 0 Å². The maximum absolute atomic E-state index is 13.1. The van der Waals surface area contributed by atoms with Crippen molar-refractivity contribution in [2.24, 2.45) is 0 Å². The minimum atomic E-state index is -0.439. The first-order valence-electron chi connectivity index (χ1n) is 7.20. The van der Waals surface area contributed by atoms with Gasteiger partial charge in [0, 0.05) is 10.9 Å². The molecule has 6 nitrogen and oxygen atoms in total. The maximum Gasteiger partial charge on any atom is 0.352 e. The van der Waals surface area contributed by atoms with Gasteiger partial charge in [-0.15, -0.1) is 5.10 Å². The summed E-state index contributed by atoms with van der Waals surface area (Å²) in [5, 5.41) is 14.0. The Hall–Kier alpha value is -3.53. The highest BCUT2D eigenvalue weighted by atomic mass is 19.1. The lowest BCUT2D eigenvalue weighted by atomic mass is 10.2. The fraction of sp³-hybridized carbons (Fsp3) is 0.0588. The summed E-state index contributed by atoms with van der Waals surface area (Å²) in [5.41, 5.74) is 1.19. The molecule has 0 aliphatic heterocycles. The first-order chi connectivity index (χ1) is 11.7. The lowest BCUT2D eigenvalue weighted by Gasteiger charge is -2.06. The molecule has 0 saturated heterocycles. The van der Waals surface area contributed by atoms with Gasteiger partial charge >= 0.3 is 5.69 Å². The third kappa shape index (κ3) is 2.05. The Morgan fingerprint density at radius 1 is 1.12 bits per heavy atom. The van der Waals surface area contributed by atoms with Crippen molar-refractivity contribution in [2.75, 3.05) is 0 Å². The molecular formula is C17H10FN5O. The van der Waals surface area contributed by atoms with Crippen LogP contribution >= 0.6 is 0 Å². The molecule has 0 fully saturated rings. The van der Waals surface area contributed by atoms with Crippen molar-refractivity contribution in [1.82, 2.24) is 19.2 Å². The van der Waals surface area contributed by atoms with Crippen LogP contribution in [0.15, 0.2) is 53.3 Å². The van der Waals surface area contributed by atoms with E-state index >= 15 is 0 Å². The SMILES string of the molecule is N#CCn1c(=O)n2nc(-c3ccc(F)cc3)nc2c2ccccc21. The summed E-state index contributed by atoms with van der Waals surface area (Å²) >= 11 is 0. The molecule has 0 aliphatic rings. The summed E-state index contributed by atoms with van der Waals surface area (Å²) < 4.78 is 15.6. The second-order valence-corrected chi connectivity index (χ2v) is 5.22. The summed E-state index contributed by atoms with van der Waals surface area (Å²) in [5.74, 6) is -0.0312. The zero-order chi connectivity index (χ0) is 16.7. The Morgan fingerprint density at radius 2 is 1.88 bits per heavy atom. The number of hydrogen-bond donors (Lipinski definition) is 0. The van der Waals surface area contributed by atoms with Crippen LogP contribution in [0, 0.1) is 17.1 Å². The van der Waals surface area contributed by atoms with Crippen molar-refractivity contribution >= 4 is 16.6 Å². The van der Waals surface area contributed by atoms with Crippen molar-refractivity contribution < 1.29 is 4.39 Å². The molecule has 0 unspecified atom stereocenters. The summed E-state index contributed by atoms with van der Waals surface area (Å²) in [4.78, 5) is 17.1. The van der Waals surface area contributed by atoms with E-state index in [1.54, 1.807) is 24.3 Å². The average molecular weight is 319 g/mol. The molecule has 0 bridgehead atoms. The third-order valence-corrected chi connectivity index (χ3v) is 3.79. The van der Waals surface area contributed by atoms with Crippen molar-refractivity contribution in [2.45, 2.75) is 6.54 Å². The number of rotatable bonds is 2. The van der Waals surface area contributed by atoms with Crippen LogP contribution in [0.4, 0.5) is 4.39 Å². The van der Waals surface area contributed by atoms with Crippen molar-refractivity contribution in [3.05, 3.63) is 64.8 Å². The van der Waals surface area contributed by atoms with Gasteiger partial charge in [-0.05, 0) is 36.4 Å². The van der Waals surface area contributed by atoms with Crippen molar-refractivity contribution in [3.63, 3.8) is 0 Å². The molecule has 7 heteroatoms. The molecule has 0 atom stereocenters. The molecule has 0 N–H and O–H groups in total. The van der Waals surface area contributed by atoms with Crippen LogP contribution in [0.1, 0.15) is 0 Å². The molecule has 0 amide bonds. The Kier molecular flexibility index (Phi) is 3.10. The maximum atomic E-state index is 13.1. The monoisotopic (exact) mass is 319 g/mol. The van der Waals surface area contributed by atoms with Crippen LogP contribution in [0.25, 0.3) is 27.9 Å². The highest BCUT2D eigenvalue weighted by Gasteiger charge is 2.15. The highest BCUT2D eigenvalue weighted by Crippen LogP contribution is 2.21. The van der Waals surface area contributed by atoms with E-state index in [9.17, 15) is 9.18 Å². The molecule has 0 saturated carbocycles. The van der Waals surface area contributed by atoms with Gasteiger partial charge < -0.3 is 0 Å². The molecule has 0 radical (unpaired) electrons. The van der Waals surface area contributed by atoms with Crippen LogP contribution in [0.2, 0.25) is 0 Å². The molecule has 116 valence electrons. The number of nitrogens with zero attached hydrogens (tertiary/aromatic N) is 5. The second-order valence-electron chi connectivity index (χ2n) is 5.22. The summed E-state index contributed by atoms with van der Waals surface area (Å²) in [6.45, 7) is -0.0823. The molecule has 0 spiro atoms. The Labute approximate surface area is 135 Å². The number of fused-ring (bicyclic) bond motifs is 3. The van der Waals surface area contributed by atoms with Crippen molar-refractivity contribution in [1.29, 1.82) is 5.26 Å². The normalized spacial score (nSPS) is 11.0. The molecule has 24 heavy (non-hydrogen) atoms. The number of hydrogen-bond acceptors (Lipinski definition) is 4. The number of nitriles is 1. The molecule has 2 heterocycles. The number of halogens is 1. The third-order valence-electron chi connectivity index (χ3n) is 3.79. The first kappa shape index (κ1) is 14.1. The van der Waals surface area contributed by atoms with Gasteiger partial charge in [0.2, 0.25) is 0 Å². The van der Waals surface area contributed by atoms with E-state index in [2.05, 4.69) is 10.1 Å². The highest BCUT2D eigenvalue weighted by molar-refractivity contribution is 5.91. The smallest absolute Gasteiger partial charge is 0.278 e. The van der Waals surface area contributed by atoms with E-state index in [1.807, 2.05) is 18.2 Å². The van der Waals surface area contributed by atoms with Gasteiger partial charge in [-0.2, -0.15) is 9.78 Å². The fourth-order valence-electron chi connectivity index (χ4n) is 2.68. The Balaban J connectivity index is 2.08. The number of benzene rings is 2. The molecule has 2 aromatic heterocycles. The van der Waals surface area contributed by atoms with Crippen LogP contribution in [0.5, 0.6) is 0 Å². The average Bonchev–Trinajstić information content (AvgIpc) is 3.05. The minimum Gasteiger partial charge on any atom is -0.278 e. The summed E-state index contributed by atoms with van der Waals surface area (Å²) in [7, 11) is 0. The molecule has 4 aromatic rings. The summed E-state index contributed by atoms with van der Waals surface area (Å²) in [6.07, 6.45) is 0. The van der Waals surface area contributed by atoms with Gasteiger partial charge in [-0.1, -0.05) is 12.1 Å². The van der Waals surface area contributed by atoms with Crippen molar-refractivity contribution in [3.8, 4) is 17.5 Å². The van der Waals surface area contributed by atoms with Crippen LogP contribution < -0.4 is 5.69 Å². The zero-order valence-electron chi connectivity index (χ0n) is 12.3. The topological polar surface area (TPSA) is 76.0 Å². The van der Waals surface area contributed by atoms with Gasteiger partial charge in [-0.3, -0.25) is 4.57 Å². The zero-order valence-corrected chi connectivity index (χ0v) is 12.3. The molecular weight excluding hydrogens is 309 g/mol. The second kappa shape index (κ2) is 5.28. The van der Waals surface area contributed by atoms with Gasteiger partial charge in [0.1, 0.15) is 12.4 Å². The quantitative estimate of drug-likeness (QED) is 0.568. The van der Waals surface area contributed by atoms with Crippen LogP contribution in [-0.2, 0) is 6.54 Å². The lowest BCUT2D eigenvalue weighted by molar-refractivity contribution is 0.628. The van der Waals surface area contributed by atoms with Gasteiger partial charge in [0.25, 0.3) is 0 Å². The lowest BCUT2D eigenvalue weighted by Crippen LogP contribution is -2.27. The van der Waals surface area contributed by atoms with Crippen LogP contribution in [0.3, 0.4) is 0 Å². The van der Waals surface area contributed by atoms with Gasteiger partial charge in [-0.25, -0.2) is 14.2 Å². The van der Waals surface area contributed by atoms with E-state index in [0.29, 0.717) is 27.9 Å². The van der Waals surface area contributed by atoms with E-state index in [4.69, 9.17) is 5.26 Å². The largest absolute Gasteiger partial charge is 0.352 e. The fourth-order valence-corrected chi connectivity index (χ4v) is 2.68. The van der Waals surface area contributed by atoms with E-state index in [-0.39, 0.29) is 12.4 Å². The van der Waals surface area contributed by atoms with E-state index < -0.39 is 5.69 Å². The molecule has 2 aromatic carbocycles. The Bertz CT molecular complexity index is 1170. The number of aromatic nitrogens is 4. The molecule has 4 rings (SSSR count). The predicted molar refractivity (Wildman–Crippen MR) is 85.8 cm³/mol. The minimum absolute atomic E-state index is 0.0823. The predicted octanol–water partition coefficient (Wildman–Crippen LogP) is 2.37. The van der Waals surface area contributed by atoms with Gasteiger partial charge in [0.15, 0.2) is 11.5 Å². The summed E-state index contributed by atoms with van der Waals surface area (Å²) in [6, 6.07) is 14.9. The number of para-hydroxylation sites is 1. The standard InChI is InChI=1S/C17H10FN5O/c18-12-7-5-11(6-8-12)15-20-16-13-3-1-2-4-14(13)22(10-9-19)17(24)23(16)21-15/h1-8H,10H2.